The van der Waals surface area contributed by atoms with E-state index in [4.69, 9.17) is 9.84 Å². The van der Waals surface area contributed by atoms with E-state index in [1.165, 1.54) is 12.3 Å². The van der Waals surface area contributed by atoms with Gasteiger partial charge in [-0.1, -0.05) is 0 Å². The Balaban J connectivity index is 1.94. The molecular weight excluding hydrogens is 246 g/mol. The second kappa shape index (κ2) is 6.25. The largest absolute Gasteiger partial charge is 0.484 e. The predicted octanol–water partition coefficient (Wildman–Crippen LogP) is 1.55. The molecule has 0 aliphatic rings. The summed E-state index contributed by atoms with van der Waals surface area (Å²) in [7, 11) is 0. The number of carboxylic acids is 1. The average Bonchev–Trinajstić information content (AvgIpc) is 2.45. The van der Waals surface area contributed by atoms with E-state index in [1.54, 1.807) is 30.6 Å². The van der Waals surface area contributed by atoms with Crippen molar-refractivity contribution in [1.82, 2.24) is 15.0 Å². The van der Waals surface area contributed by atoms with Crippen molar-refractivity contribution in [1.29, 1.82) is 0 Å². The fourth-order valence-corrected chi connectivity index (χ4v) is 1.28. The van der Waals surface area contributed by atoms with E-state index in [1.807, 2.05) is 0 Å². The van der Waals surface area contributed by atoms with Crippen LogP contribution in [0.25, 0.3) is 6.08 Å². The van der Waals surface area contributed by atoms with Gasteiger partial charge < -0.3 is 9.84 Å². The number of rotatable bonds is 5. The third kappa shape index (κ3) is 4.19. The molecule has 0 saturated heterocycles. The van der Waals surface area contributed by atoms with Crippen LogP contribution in [-0.4, -0.2) is 26.0 Å². The molecule has 2 aromatic heterocycles. The highest BCUT2D eigenvalue weighted by Gasteiger charge is 1.98. The molecule has 0 aromatic carbocycles. The maximum absolute atomic E-state index is 10.3. The van der Waals surface area contributed by atoms with E-state index >= 15 is 0 Å². The van der Waals surface area contributed by atoms with Crippen LogP contribution in [0.1, 0.15) is 11.5 Å². The molecule has 0 fully saturated rings. The highest BCUT2D eigenvalue weighted by atomic mass is 16.5. The maximum atomic E-state index is 10.3. The molecule has 96 valence electrons. The van der Waals surface area contributed by atoms with Crippen LogP contribution < -0.4 is 4.74 Å². The Bertz CT molecular complexity index is 567. The molecule has 0 aliphatic carbocycles. The number of hydrogen-bond donors (Lipinski definition) is 1. The van der Waals surface area contributed by atoms with E-state index < -0.39 is 5.97 Å². The Hall–Kier alpha value is -2.76. The molecular formula is C13H11N3O3. The van der Waals surface area contributed by atoms with Crippen LogP contribution in [0.3, 0.4) is 0 Å². The molecule has 19 heavy (non-hydrogen) atoms. The second-order valence-electron chi connectivity index (χ2n) is 3.54. The van der Waals surface area contributed by atoms with Gasteiger partial charge in [-0.2, -0.15) is 0 Å². The third-order valence-corrected chi connectivity index (χ3v) is 2.14. The lowest BCUT2D eigenvalue weighted by Gasteiger charge is -2.04. The standard InChI is InChI=1S/C13H11N3O3/c17-13(18)5-3-10-2-4-11(8-16-10)19-9-12-14-6-1-7-15-12/h1-8H,9H2,(H,17,18). The minimum Gasteiger partial charge on any atom is -0.484 e. The summed E-state index contributed by atoms with van der Waals surface area (Å²) in [5.41, 5.74) is 0.547. The minimum absolute atomic E-state index is 0.257. The van der Waals surface area contributed by atoms with E-state index in [0.29, 0.717) is 17.3 Å². The predicted molar refractivity (Wildman–Crippen MR) is 67.3 cm³/mol. The number of carboxylic acid groups (broad SMARTS) is 1. The van der Waals surface area contributed by atoms with Crippen molar-refractivity contribution in [3.63, 3.8) is 0 Å². The summed E-state index contributed by atoms with van der Waals surface area (Å²) in [6, 6.07) is 5.10. The first kappa shape index (κ1) is 12.7. The lowest BCUT2D eigenvalue weighted by Crippen LogP contribution is -2.00. The number of pyridine rings is 1. The van der Waals surface area contributed by atoms with Gasteiger partial charge in [-0.25, -0.2) is 14.8 Å². The fraction of sp³-hybridized carbons (Fsp3) is 0.0769. The van der Waals surface area contributed by atoms with Crippen molar-refractivity contribution >= 4 is 12.0 Å². The average molecular weight is 257 g/mol. The van der Waals surface area contributed by atoms with Gasteiger partial charge in [0.25, 0.3) is 0 Å². The number of nitrogens with zero attached hydrogens (tertiary/aromatic N) is 3. The van der Waals surface area contributed by atoms with Crippen LogP contribution in [0.15, 0.2) is 42.9 Å². The lowest BCUT2D eigenvalue weighted by molar-refractivity contribution is -0.131. The van der Waals surface area contributed by atoms with Crippen molar-refractivity contribution in [2.75, 3.05) is 0 Å². The zero-order chi connectivity index (χ0) is 13.5. The van der Waals surface area contributed by atoms with Gasteiger partial charge >= 0.3 is 5.97 Å². The highest BCUT2D eigenvalue weighted by molar-refractivity contribution is 5.84. The number of aromatic nitrogens is 3. The molecule has 0 unspecified atom stereocenters. The molecule has 0 bridgehead atoms. The summed E-state index contributed by atoms with van der Waals surface area (Å²) >= 11 is 0. The summed E-state index contributed by atoms with van der Waals surface area (Å²) in [4.78, 5) is 22.4. The first-order valence-electron chi connectivity index (χ1n) is 5.50. The van der Waals surface area contributed by atoms with E-state index in [9.17, 15) is 4.79 Å². The normalized spacial score (nSPS) is 10.5. The van der Waals surface area contributed by atoms with E-state index in [-0.39, 0.29) is 6.61 Å². The number of carbonyl (C=O) groups is 1. The van der Waals surface area contributed by atoms with Crippen molar-refractivity contribution in [3.05, 3.63) is 54.4 Å². The van der Waals surface area contributed by atoms with Crippen LogP contribution in [-0.2, 0) is 11.4 Å². The van der Waals surface area contributed by atoms with Crippen molar-refractivity contribution in [2.45, 2.75) is 6.61 Å². The summed E-state index contributed by atoms with van der Waals surface area (Å²) in [6.45, 7) is 0.257. The van der Waals surface area contributed by atoms with Crippen LogP contribution in [0, 0.1) is 0 Å². The van der Waals surface area contributed by atoms with Gasteiger partial charge in [0, 0.05) is 18.5 Å². The molecule has 0 aliphatic heterocycles. The van der Waals surface area contributed by atoms with E-state index in [2.05, 4.69) is 15.0 Å². The molecule has 2 rings (SSSR count). The van der Waals surface area contributed by atoms with Crippen LogP contribution >= 0.6 is 0 Å². The first-order chi connectivity index (χ1) is 9.24. The molecule has 0 saturated carbocycles. The summed E-state index contributed by atoms with van der Waals surface area (Å²) in [5, 5.41) is 8.49. The van der Waals surface area contributed by atoms with Crippen LogP contribution in [0.4, 0.5) is 0 Å². The van der Waals surface area contributed by atoms with E-state index in [0.717, 1.165) is 6.08 Å². The molecule has 0 amide bonds. The van der Waals surface area contributed by atoms with Gasteiger partial charge in [-0.15, -0.1) is 0 Å². The number of hydrogen-bond acceptors (Lipinski definition) is 5. The highest BCUT2D eigenvalue weighted by Crippen LogP contribution is 2.11. The molecule has 0 atom stereocenters. The summed E-state index contributed by atoms with van der Waals surface area (Å²) in [5.74, 6) is 0.139. The molecule has 0 spiro atoms. The van der Waals surface area contributed by atoms with Crippen molar-refractivity contribution in [3.8, 4) is 5.75 Å². The molecule has 6 heteroatoms. The Morgan fingerprint density at radius 3 is 2.68 bits per heavy atom. The minimum atomic E-state index is -1.01. The Labute approximate surface area is 109 Å². The van der Waals surface area contributed by atoms with Crippen molar-refractivity contribution < 1.29 is 14.6 Å². The summed E-state index contributed by atoms with van der Waals surface area (Å²) < 4.78 is 5.44. The van der Waals surface area contributed by atoms with Gasteiger partial charge in [0.2, 0.25) is 0 Å². The number of ether oxygens (including phenoxy) is 1. The third-order valence-electron chi connectivity index (χ3n) is 2.14. The SMILES string of the molecule is O=C(O)C=Cc1ccc(OCc2ncccn2)cn1. The second-order valence-corrected chi connectivity index (χ2v) is 3.54. The van der Waals surface area contributed by atoms with Gasteiger partial charge in [-0.3, -0.25) is 4.98 Å². The van der Waals surface area contributed by atoms with Crippen molar-refractivity contribution in [2.24, 2.45) is 0 Å². The lowest BCUT2D eigenvalue weighted by atomic mass is 10.3. The van der Waals surface area contributed by atoms with Gasteiger partial charge in [0.1, 0.15) is 12.4 Å². The van der Waals surface area contributed by atoms with Gasteiger partial charge in [0.15, 0.2) is 5.82 Å². The van der Waals surface area contributed by atoms with Gasteiger partial charge in [0.05, 0.1) is 11.9 Å². The number of aliphatic carboxylic acids is 1. The molecule has 2 heterocycles. The van der Waals surface area contributed by atoms with Crippen LogP contribution in [0.5, 0.6) is 5.75 Å². The quantitative estimate of drug-likeness (QED) is 0.818. The Morgan fingerprint density at radius 2 is 2.05 bits per heavy atom. The maximum Gasteiger partial charge on any atom is 0.328 e. The zero-order valence-electron chi connectivity index (χ0n) is 9.93. The fourth-order valence-electron chi connectivity index (χ4n) is 1.28. The van der Waals surface area contributed by atoms with Gasteiger partial charge in [-0.05, 0) is 24.3 Å². The Kier molecular flexibility index (Phi) is 4.17. The molecule has 6 nitrogen and oxygen atoms in total. The Morgan fingerprint density at radius 1 is 1.26 bits per heavy atom. The topological polar surface area (TPSA) is 85.2 Å². The monoisotopic (exact) mass is 257 g/mol. The zero-order valence-corrected chi connectivity index (χ0v) is 9.93. The molecule has 2 aromatic rings. The summed E-state index contributed by atoms with van der Waals surface area (Å²) in [6.07, 6.45) is 7.24. The molecule has 0 radical (unpaired) electrons. The molecule has 1 N–H and O–H groups in total. The van der Waals surface area contributed by atoms with Crippen LogP contribution in [0.2, 0.25) is 0 Å². The smallest absolute Gasteiger partial charge is 0.328 e. The first-order valence-corrected chi connectivity index (χ1v) is 5.50.